The Morgan fingerprint density at radius 2 is 1.60 bits per heavy atom. The van der Waals surface area contributed by atoms with Gasteiger partial charge < -0.3 is 9.64 Å². The fourth-order valence-corrected chi connectivity index (χ4v) is 8.65. The summed E-state index contributed by atoms with van der Waals surface area (Å²) in [7, 11) is -4.52. The van der Waals surface area contributed by atoms with Gasteiger partial charge in [0.1, 0.15) is 10.6 Å². The number of sulfone groups is 1. The van der Waals surface area contributed by atoms with E-state index in [4.69, 9.17) is 4.74 Å². The topological polar surface area (TPSA) is 63.7 Å². The number of hydrogen-bond donors (Lipinski definition) is 0. The van der Waals surface area contributed by atoms with Crippen LogP contribution in [0, 0.1) is 11.7 Å². The number of benzene rings is 2. The van der Waals surface area contributed by atoms with Crippen molar-refractivity contribution in [2.75, 3.05) is 19.8 Å². The van der Waals surface area contributed by atoms with Crippen LogP contribution in [0.5, 0.6) is 0 Å². The molecule has 0 bridgehead atoms. The van der Waals surface area contributed by atoms with E-state index in [9.17, 15) is 48.3 Å². The van der Waals surface area contributed by atoms with Gasteiger partial charge in [0.2, 0.25) is 5.91 Å². The van der Waals surface area contributed by atoms with E-state index in [2.05, 4.69) is 0 Å². The summed E-state index contributed by atoms with van der Waals surface area (Å²) in [6, 6.07) is 4.32. The molecule has 2 fully saturated rings. The number of ether oxygens (including phenoxy) is 1. The van der Waals surface area contributed by atoms with Crippen molar-refractivity contribution < 1.29 is 53.1 Å². The summed E-state index contributed by atoms with van der Waals surface area (Å²) in [5.74, 6) is -1.63. The molecule has 3 atom stereocenters. The van der Waals surface area contributed by atoms with Crippen LogP contribution in [-0.4, -0.2) is 57.4 Å². The standard InChI is InChI=1S/C26H23F8NO4S/c27-18-3-5-19(6-4-18)40(37,38)23-10-11-35(22(36)16-9-12-39-14-16)21(23)8-1-15-13-17(2-7-20(15)23)24(28,25(29,30)31)26(32,33)34/h2-7,13,16,21H,1,8-12,14H2/t16?,21-,23-/m0/s1. The molecule has 1 amide bonds. The lowest BCUT2D eigenvalue weighted by atomic mass is 9.76. The highest BCUT2D eigenvalue weighted by Gasteiger charge is 2.74. The molecule has 2 aliphatic heterocycles. The van der Waals surface area contributed by atoms with Gasteiger partial charge in [-0.25, -0.2) is 17.2 Å². The van der Waals surface area contributed by atoms with Crippen molar-refractivity contribution in [2.24, 2.45) is 5.92 Å². The lowest BCUT2D eigenvalue weighted by Crippen LogP contribution is -2.53. The monoisotopic (exact) mass is 597 g/mol. The number of nitrogens with zero attached hydrogens (tertiary/aromatic N) is 1. The summed E-state index contributed by atoms with van der Waals surface area (Å²) in [6.45, 7) is 0.413. The Morgan fingerprint density at radius 1 is 0.950 bits per heavy atom. The molecule has 2 aromatic carbocycles. The smallest absolute Gasteiger partial charge is 0.381 e. The van der Waals surface area contributed by atoms with Gasteiger partial charge in [-0.2, -0.15) is 26.3 Å². The van der Waals surface area contributed by atoms with Crippen LogP contribution in [0.25, 0.3) is 0 Å². The lowest BCUT2D eigenvalue weighted by molar-refractivity contribution is -0.348. The van der Waals surface area contributed by atoms with Crippen molar-refractivity contribution in [1.29, 1.82) is 0 Å². The molecule has 1 aliphatic carbocycles. The molecule has 218 valence electrons. The Labute approximate surface area is 224 Å². The van der Waals surface area contributed by atoms with E-state index in [1.165, 1.54) is 4.90 Å². The van der Waals surface area contributed by atoms with Gasteiger partial charge in [-0.05, 0) is 61.1 Å². The molecule has 0 aromatic heterocycles. The first-order chi connectivity index (χ1) is 18.6. The number of likely N-dealkylation sites (tertiary alicyclic amines) is 1. The number of hydrogen-bond acceptors (Lipinski definition) is 4. The van der Waals surface area contributed by atoms with Crippen LogP contribution in [0.3, 0.4) is 0 Å². The van der Waals surface area contributed by atoms with Crippen molar-refractivity contribution in [1.82, 2.24) is 4.90 Å². The Morgan fingerprint density at radius 3 is 2.17 bits per heavy atom. The summed E-state index contributed by atoms with van der Waals surface area (Å²) in [5.41, 5.74) is -7.71. The van der Waals surface area contributed by atoms with Crippen LogP contribution in [0.15, 0.2) is 47.4 Å². The van der Waals surface area contributed by atoms with Crippen molar-refractivity contribution in [3.63, 3.8) is 0 Å². The molecule has 5 nitrogen and oxygen atoms in total. The van der Waals surface area contributed by atoms with Crippen molar-refractivity contribution >= 4 is 15.7 Å². The van der Waals surface area contributed by atoms with Crippen LogP contribution >= 0.6 is 0 Å². The van der Waals surface area contributed by atoms with E-state index in [1.54, 1.807) is 0 Å². The highest BCUT2D eigenvalue weighted by Crippen LogP contribution is 2.56. The maximum atomic E-state index is 14.9. The average molecular weight is 598 g/mol. The molecule has 0 N–H and O–H groups in total. The number of halogens is 8. The molecule has 5 rings (SSSR count). The van der Waals surface area contributed by atoms with Gasteiger partial charge in [0.25, 0.3) is 0 Å². The highest BCUT2D eigenvalue weighted by atomic mass is 32.2. The van der Waals surface area contributed by atoms with Crippen LogP contribution in [-0.2, 0) is 36.2 Å². The highest BCUT2D eigenvalue weighted by molar-refractivity contribution is 7.92. The van der Waals surface area contributed by atoms with Gasteiger partial charge in [-0.15, -0.1) is 0 Å². The number of carbonyl (C=O) groups excluding carboxylic acids is 1. The third-order valence-electron chi connectivity index (χ3n) is 8.23. The minimum atomic E-state index is -6.34. The normalized spacial score (nSPS) is 25.6. The third kappa shape index (κ3) is 4.04. The van der Waals surface area contributed by atoms with Crippen molar-refractivity contribution in [3.8, 4) is 0 Å². The summed E-state index contributed by atoms with van der Waals surface area (Å²) in [6.07, 6.45) is -12.8. The maximum absolute atomic E-state index is 14.9. The predicted octanol–water partition coefficient (Wildman–Crippen LogP) is 5.37. The second kappa shape index (κ2) is 9.40. The van der Waals surface area contributed by atoms with Crippen LogP contribution in [0.4, 0.5) is 35.1 Å². The molecule has 0 spiro atoms. The van der Waals surface area contributed by atoms with Crippen LogP contribution in [0.2, 0.25) is 0 Å². The number of carbonyl (C=O) groups is 1. The van der Waals surface area contributed by atoms with E-state index >= 15 is 0 Å². The first-order valence-electron chi connectivity index (χ1n) is 12.4. The Bertz CT molecular complexity index is 1400. The van der Waals surface area contributed by atoms with Gasteiger partial charge in [0.15, 0.2) is 9.84 Å². The molecule has 1 unspecified atom stereocenters. The number of alkyl halides is 7. The third-order valence-corrected chi connectivity index (χ3v) is 10.8. The minimum absolute atomic E-state index is 0.0558. The zero-order chi connectivity index (χ0) is 29.3. The van der Waals surface area contributed by atoms with Gasteiger partial charge in [-0.1, -0.05) is 18.2 Å². The van der Waals surface area contributed by atoms with E-state index in [0.717, 1.165) is 30.3 Å². The fraction of sp³-hybridized carbons (Fsp3) is 0.500. The number of rotatable bonds is 4. The van der Waals surface area contributed by atoms with E-state index in [1.807, 2.05) is 0 Å². The first kappa shape index (κ1) is 28.8. The van der Waals surface area contributed by atoms with Crippen LogP contribution in [0.1, 0.15) is 36.0 Å². The summed E-state index contributed by atoms with van der Waals surface area (Å²) in [5, 5.41) is 0. The summed E-state index contributed by atoms with van der Waals surface area (Å²) >= 11 is 0. The quantitative estimate of drug-likeness (QED) is 0.352. The Balaban J connectivity index is 1.69. The molecule has 3 aliphatic rings. The molecule has 2 aromatic rings. The fourth-order valence-electron chi connectivity index (χ4n) is 6.28. The van der Waals surface area contributed by atoms with Crippen molar-refractivity contribution in [3.05, 3.63) is 65.0 Å². The van der Waals surface area contributed by atoms with Crippen molar-refractivity contribution in [2.45, 2.75) is 59.4 Å². The minimum Gasteiger partial charge on any atom is -0.381 e. The van der Waals surface area contributed by atoms with E-state index < -0.39 is 55.9 Å². The largest absolute Gasteiger partial charge is 0.435 e. The maximum Gasteiger partial charge on any atom is 0.435 e. The molecule has 2 saturated heterocycles. The van der Waals surface area contributed by atoms with Crippen LogP contribution < -0.4 is 0 Å². The van der Waals surface area contributed by atoms with Gasteiger partial charge >= 0.3 is 18.0 Å². The zero-order valence-corrected chi connectivity index (χ0v) is 21.5. The second-order valence-electron chi connectivity index (χ2n) is 10.3. The molecular weight excluding hydrogens is 574 g/mol. The Kier molecular flexibility index (Phi) is 6.76. The second-order valence-corrected chi connectivity index (χ2v) is 12.5. The Hall–Kier alpha value is -2.74. The zero-order valence-electron chi connectivity index (χ0n) is 20.7. The number of amides is 1. The molecule has 2 heterocycles. The molecule has 0 saturated carbocycles. The average Bonchev–Trinajstić information content (AvgIpc) is 3.56. The molecule has 14 heteroatoms. The van der Waals surface area contributed by atoms with Gasteiger partial charge in [0, 0.05) is 18.7 Å². The predicted molar refractivity (Wildman–Crippen MR) is 124 cm³/mol. The number of fused-ring (bicyclic) bond motifs is 3. The van der Waals surface area contributed by atoms with Gasteiger partial charge in [0.05, 0.1) is 23.5 Å². The SMILES string of the molecule is O=C(C1CCOC1)N1CC[C@]2(S(=O)(=O)c3ccc(F)cc3)c3ccc(C(F)(C(F)(F)F)C(F)(F)F)cc3CC[C@H]12. The molecule has 0 radical (unpaired) electrons. The van der Waals surface area contributed by atoms with Gasteiger partial charge in [-0.3, -0.25) is 4.79 Å². The van der Waals surface area contributed by atoms with E-state index in [0.29, 0.717) is 25.2 Å². The molecule has 40 heavy (non-hydrogen) atoms. The summed E-state index contributed by atoms with van der Waals surface area (Å²) < 4.78 is 141. The number of aryl methyl sites for hydroxylation is 1. The van der Waals surface area contributed by atoms with E-state index in [-0.39, 0.29) is 54.3 Å². The lowest BCUT2D eigenvalue weighted by Gasteiger charge is -2.43. The summed E-state index contributed by atoms with van der Waals surface area (Å²) in [4.78, 5) is 14.4. The first-order valence-corrected chi connectivity index (χ1v) is 13.9. The molecular formula is C26H23F8NO4S.